The molecule has 0 N–H and O–H groups in total. The van der Waals surface area contributed by atoms with E-state index in [9.17, 15) is 8.42 Å². The SMILES string of the molecule is CN(C)C(=S)n1cnc(S(=O)(=O)CC2CCCC2)n1. The molecule has 0 unspecified atom stereocenters. The van der Waals surface area contributed by atoms with Crippen LogP contribution in [0.1, 0.15) is 25.7 Å². The van der Waals surface area contributed by atoms with Crippen LogP contribution in [-0.2, 0) is 9.84 Å². The van der Waals surface area contributed by atoms with Crippen molar-refractivity contribution in [3.05, 3.63) is 6.33 Å². The van der Waals surface area contributed by atoms with Gasteiger partial charge in [-0.05, 0) is 31.0 Å². The number of hydrogen-bond acceptors (Lipinski definition) is 5. The third-order valence-corrected chi connectivity index (χ3v) is 5.46. The molecule has 1 heterocycles. The Morgan fingerprint density at radius 2 is 2.11 bits per heavy atom. The van der Waals surface area contributed by atoms with E-state index >= 15 is 0 Å². The molecule has 1 saturated carbocycles. The fourth-order valence-corrected chi connectivity index (χ4v) is 3.86. The second kappa shape index (κ2) is 5.54. The van der Waals surface area contributed by atoms with Crippen molar-refractivity contribution in [1.82, 2.24) is 19.7 Å². The number of hydrogen-bond donors (Lipinski definition) is 0. The van der Waals surface area contributed by atoms with Crippen LogP contribution >= 0.6 is 12.2 Å². The maximum Gasteiger partial charge on any atom is 0.267 e. The van der Waals surface area contributed by atoms with E-state index in [1.807, 2.05) is 0 Å². The first kappa shape index (κ1) is 14.4. The molecule has 0 spiro atoms. The largest absolute Gasteiger partial charge is 0.353 e. The first-order valence-electron chi connectivity index (χ1n) is 6.26. The van der Waals surface area contributed by atoms with Gasteiger partial charge in [-0.1, -0.05) is 12.8 Å². The van der Waals surface area contributed by atoms with Crippen molar-refractivity contribution in [2.45, 2.75) is 30.8 Å². The van der Waals surface area contributed by atoms with Crippen molar-refractivity contribution in [1.29, 1.82) is 0 Å². The molecule has 0 aliphatic heterocycles. The van der Waals surface area contributed by atoms with Crippen LogP contribution in [0.3, 0.4) is 0 Å². The third-order valence-electron chi connectivity index (χ3n) is 3.26. The smallest absolute Gasteiger partial charge is 0.267 e. The lowest BCUT2D eigenvalue weighted by Crippen LogP contribution is -2.27. The maximum atomic E-state index is 12.2. The van der Waals surface area contributed by atoms with Crippen molar-refractivity contribution in [2.75, 3.05) is 19.8 Å². The van der Waals surface area contributed by atoms with E-state index in [-0.39, 0.29) is 16.8 Å². The molecule has 0 atom stereocenters. The first-order chi connectivity index (χ1) is 8.90. The van der Waals surface area contributed by atoms with E-state index < -0.39 is 9.84 Å². The predicted molar refractivity (Wildman–Crippen MR) is 75.7 cm³/mol. The Morgan fingerprint density at radius 1 is 1.47 bits per heavy atom. The van der Waals surface area contributed by atoms with Crippen molar-refractivity contribution in [3.8, 4) is 0 Å². The highest BCUT2D eigenvalue weighted by molar-refractivity contribution is 7.91. The number of aromatic nitrogens is 3. The van der Waals surface area contributed by atoms with Crippen LogP contribution in [0.25, 0.3) is 0 Å². The van der Waals surface area contributed by atoms with E-state index in [4.69, 9.17) is 12.2 Å². The van der Waals surface area contributed by atoms with E-state index in [0.29, 0.717) is 5.11 Å². The highest BCUT2D eigenvalue weighted by atomic mass is 32.2. The minimum absolute atomic E-state index is 0.122. The summed E-state index contributed by atoms with van der Waals surface area (Å²) in [6, 6.07) is 0. The van der Waals surface area contributed by atoms with Gasteiger partial charge in [0.25, 0.3) is 5.16 Å². The van der Waals surface area contributed by atoms with Gasteiger partial charge < -0.3 is 4.90 Å². The lowest BCUT2D eigenvalue weighted by Gasteiger charge is -2.12. The second-order valence-corrected chi connectivity index (χ2v) is 7.37. The van der Waals surface area contributed by atoms with Gasteiger partial charge in [0, 0.05) is 14.1 Å². The lowest BCUT2D eigenvalue weighted by atomic mass is 10.1. The minimum Gasteiger partial charge on any atom is -0.353 e. The number of sulfone groups is 1. The quantitative estimate of drug-likeness (QED) is 0.774. The van der Waals surface area contributed by atoms with Gasteiger partial charge in [0.05, 0.1) is 5.75 Å². The molecule has 0 aromatic carbocycles. The normalized spacial score (nSPS) is 16.7. The molecule has 106 valence electrons. The zero-order valence-electron chi connectivity index (χ0n) is 11.1. The van der Waals surface area contributed by atoms with Gasteiger partial charge in [-0.3, -0.25) is 0 Å². The summed E-state index contributed by atoms with van der Waals surface area (Å²) in [4.78, 5) is 5.56. The molecule has 1 aliphatic carbocycles. The summed E-state index contributed by atoms with van der Waals surface area (Å²) < 4.78 is 25.7. The Bertz CT molecular complexity index is 559. The minimum atomic E-state index is -3.40. The van der Waals surface area contributed by atoms with Crippen LogP contribution in [0.2, 0.25) is 0 Å². The molecule has 1 aromatic rings. The van der Waals surface area contributed by atoms with Gasteiger partial charge in [0.15, 0.2) is 5.11 Å². The van der Waals surface area contributed by atoms with Crippen LogP contribution in [0.5, 0.6) is 0 Å². The van der Waals surface area contributed by atoms with Crippen LogP contribution in [0, 0.1) is 5.92 Å². The van der Waals surface area contributed by atoms with E-state index in [1.165, 1.54) is 11.0 Å². The highest BCUT2D eigenvalue weighted by Crippen LogP contribution is 2.27. The Hall–Kier alpha value is -1.02. The Kier molecular flexibility index (Phi) is 4.19. The average Bonchev–Trinajstić information content (AvgIpc) is 2.97. The van der Waals surface area contributed by atoms with Gasteiger partial charge in [0.2, 0.25) is 9.84 Å². The molecule has 0 amide bonds. The lowest BCUT2D eigenvalue weighted by molar-refractivity contribution is 0.550. The van der Waals surface area contributed by atoms with Crippen molar-refractivity contribution in [3.63, 3.8) is 0 Å². The molecule has 19 heavy (non-hydrogen) atoms. The molecule has 0 bridgehead atoms. The van der Waals surface area contributed by atoms with E-state index in [1.54, 1.807) is 19.0 Å². The summed E-state index contributed by atoms with van der Waals surface area (Å²) in [6.07, 6.45) is 5.55. The molecular formula is C11H18N4O2S2. The average molecular weight is 302 g/mol. The van der Waals surface area contributed by atoms with Crippen molar-refractivity contribution in [2.24, 2.45) is 5.92 Å². The molecule has 6 nitrogen and oxygen atoms in total. The van der Waals surface area contributed by atoms with Crippen LogP contribution in [0.4, 0.5) is 0 Å². The monoisotopic (exact) mass is 302 g/mol. The molecule has 1 aliphatic rings. The highest BCUT2D eigenvalue weighted by Gasteiger charge is 2.27. The molecular weight excluding hydrogens is 284 g/mol. The van der Waals surface area contributed by atoms with E-state index in [2.05, 4.69) is 10.1 Å². The van der Waals surface area contributed by atoms with Crippen LogP contribution < -0.4 is 0 Å². The molecule has 1 aromatic heterocycles. The third kappa shape index (κ3) is 3.30. The fraction of sp³-hybridized carbons (Fsp3) is 0.727. The van der Waals surface area contributed by atoms with Crippen LogP contribution in [0.15, 0.2) is 11.5 Å². The second-order valence-electron chi connectivity index (χ2n) is 5.08. The van der Waals surface area contributed by atoms with Gasteiger partial charge in [0.1, 0.15) is 6.33 Å². The standard InChI is InChI=1S/C11H18N4O2S2/c1-14(2)11(18)15-8-12-10(13-15)19(16,17)7-9-5-3-4-6-9/h8-9H,3-7H2,1-2H3. The summed E-state index contributed by atoms with van der Waals surface area (Å²) in [5.74, 6) is 0.392. The maximum absolute atomic E-state index is 12.2. The Labute approximate surface area is 118 Å². The Morgan fingerprint density at radius 3 is 2.68 bits per heavy atom. The summed E-state index contributed by atoms with van der Waals surface area (Å²) in [6.45, 7) is 0. The zero-order chi connectivity index (χ0) is 14.0. The van der Waals surface area contributed by atoms with E-state index in [0.717, 1.165) is 25.7 Å². The summed E-state index contributed by atoms with van der Waals surface area (Å²) >= 11 is 5.12. The van der Waals surface area contributed by atoms with Gasteiger partial charge in [-0.2, -0.15) is 4.68 Å². The predicted octanol–water partition coefficient (Wildman–Crippen LogP) is 0.937. The van der Waals surface area contributed by atoms with Crippen molar-refractivity contribution >= 4 is 27.2 Å². The molecule has 0 saturated heterocycles. The molecule has 0 radical (unpaired) electrons. The van der Waals surface area contributed by atoms with Gasteiger partial charge >= 0.3 is 0 Å². The summed E-state index contributed by atoms with van der Waals surface area (Å²) in [7, 11) is 0.146. The molecule has 2 rings (SSSR count). The number of thiocarbonyl (C=S) groups is 1. The fourth-order valence-electron chi connectivity index (χ4n) is 2.25. The summed E-state index contributed by atoms with van der Waals surface area (Å²) in [5.41, 5.74) is 0. The van der Waals surface area contributed by atoms with Gasteiger partial charge in [-0.25, -0.2) is 13.4 Å². The molecule has 1 fully saturated rings. The van der Waals surface area contributed by atoms with Gasteiger partial charge in [-0.15, -0.1) is 5.10 Å². The zero-order valence-corrected chi connectivity index (χ0v) is 12.7. The summed E-state index contributed by atoms with van der Waals surface area (Å²) in [5, 5.41) is 4.27. The number of rotatable bonds is 3. The first-order valence-corrected chi connectivity index (χ1v) is 8.32. The number of nitrogens with zero attached hydrogens (tertiary/aromatic N) is 4. The molecule has 8 heteroatoms. The van der Waals surface area contributed by atoms with Crippen LogP contribution in [-0.4, -0.2) is 53.0 Å². The Balaban J connectivity index is 2.14. The topological polar surface area (TPSA) is 68.1 Å². The van der Waals surface area contributed by atoms with Crippen molar-refractivity contribution < 1.29 is 8.42 Å².